The maximum atomic E-state index is 5.64. The standard InChI is InChI=1S/C10H18N4/c1-13-8-9(7-12-13)2-4-14-5-3-10(14)6-11/h7-8,10H,2-6,11H2,1H3. The van der Waals surface area contributed by atoms with Crippen molar-refractivity contribution in [3.63, 3.8) is 0 Å². The van der Waals surface area contributed by atoms with Gasteiger partial charge in [0, 0.05) is 38.9 Å². The molecule has 1 fully saturated rings. The van der Waals surface area contributed by atoms with Crippen molar-refractivity contribution in [2.75, 3.05) is 19.6 Å². The topological polar surface area (TPSA) is 47.1 Å². The highest BCUT2D eigenvalue weighted by molar-refractivity contribution is 5.04. The van der Waals surface area contributed by atoms with E-state index in [0.717, 1.165) is 19.5 Å². The fourth-order valence-corrected chi connectivity index (χ4v) is 1.93. The quantitative estimate of drug-likeness (QED) is 0.733. The molecular formula is C10H18N4. The molecule has 0 bridgehead atoms. The van der Waals surface area contributed by atoms with Gasteiger partial charge in [0.2, 0.25) is 0 Å². The van der Waals surface area contributed by atoms with E-state index >= 15 is 0 Å². The highest BCUT2D eigenvalue weighted by Crippen LogP contribution is 2.16. The predicted molar refractivity (Wildman–Crippen MR) is 55.9 cm³/mol. The van der Waals surface area contributed by atoms with Crippen LogP contribution in [0.25, 0.3) is 0 Å². The lowest BCUT2D eigenvalue weighted by Crippen LogP contribution is -2.52. The first-order chi connectivity index (χ1) is 6.79. The van der Waals surface area contributed by atoms with Gasteiger partial charge in [-0.05, 0) is 18.4 Å². The fraction of sp³-hybridized carbons (Fsp3) is 0.700. The van der Waals surface area contributed by atoms with Crippen molar-refractivity contribution in [1.29, 1.82) is 0 Å². The second kappa shape index (κ2) is 4.11. The molecule has 2 N–H and O–H groups in total. The Kier molecular flexibility index (Phi) is 2.84. The Balaban J connectivity index is 1.77. The van der Waals surface area contributed by atoms with E-state index in [1.54, 1.807) is 0 Å². The first kappa shape index (κ1) is 9.68. The molecule has 4 heteroatoms. The summed E-state index contributed by atoms with van der Waals surface area (Å²) in [6.45, 7) is 3.13. The molecule has 1 unspecified atom stereocenters. The van der Waals surface area contributed by atoms with Gasteiger partial charge in [-0.25, -0.2) is 0 Å². The summed E-state index contributed by atoms with van der Waals surface area (Å²) in [5.74, 6) is 0. The van der Waals surface area contributed by atoms with Gasteiger partial charge < -0.3 is 5.73 Å². The van der Waals surface area contributed by atoms with Crippen LogP contribution >= 0.6 is 0 Å². The van der Waals surface area contributed by atoms with Crippen LogP contribution in [0.2, 0.25) is 0 Å². The number of hydrogen-bond acceptors (Lipinski definition) is 3. The molecule has 2 rings (SSSR count). The second-order valence-corrected chi connectivity index (χ2v) is 3.99. The van der Waals surface area contributed by atoms with Crippen LogP contribution in [0.1, 0.15) is 12.0 Å². The van der Waals surface area contributed by atoms with Crippen LogP contribution in [0, 0.1) is 0 Å². The molecule has 4 nitrogen and oxygen atoms in total. The average molecular weight is 194 g/mol. The highest BCUT2D eigenvalue weighted by Gasteiger charge is 2.25. The summed E-state index contributed by atoms with van der Waals surface area (Å²) < 4.78 is 1.85. The van der Waals surface area contributed by atoms with Gasteiger partial charge in [0.15, 0.2) is 0 Å². The minimum atomic E-state index is 0.631. The summed E-state index contributed by atoms with van der Waals surface area (Å²) in [4.78, 5) is 2.45. The van der Waals surface area contributed by atoms with Gasteiger partial charge in [0.05, 0.1) is 6.20 Å². The third-order valence-electron chi connectivity index (χ3n) is 2.98. The minimum absolute atomic E-state index is 0.631. The Labute approximate surface area is 84.7 Å². The largest absolute Gasteiger partial charge is 0.329 e. The molecule has 1 aromatic rings. The molecular weight excluding hydrogens is 176 g/mol. The zero-order valence-electron chi connectivity index (χ0n) is 8.69. The Morgan fingerprint density at radius 2 is 2.50 bits per heavy atom. The Morgan fingerprint density at radius 1 is 1.64 bits per heavy atom. The van der Waals surface area contributed by atoms with Crippen LogP contribution in [-0.2, 0) is 13.5 Å². The molecule has 1 saturated heterocycles. The molecule has 0 radical (unpaired) electrons. The molecule has 1 aliphatic rings. The van der Waals surface area contributed by atoms with Crippen LogP contribution in [-0.4, -0.2) is 40.4 Å². The smallest absolute Gasteiger partial charge is 0.0522 e. The molecule has 0 saturated carbocycles. The Bertz CT molecular complexity index is 292. The van der Waals surface area contributed by atoms with Gasteiger partial charge in [0.1, 0.15) is 0 Å². The second-order valence-electron chi connectivity index (χ2n) is 3.99. The third kappa shape index (κ3) is 1.96. The number of nitrogens with two attached hydrogens (primary N) is 1. The van der Waals surface area contributed by atoms with Crippen LogP contribution < -0.4 is 5.73 Å². The normalized spacial score (nSPS) is 22.3. The average Bonchev–Trinajstić information content (AvgIpc) is 2.51. The molecule has 0 amide bonds. The maximum absolute atomic E-state index is 5.64. The highest BCUT2D eigenvalue weighted by atomic mass is 15.2. The molecule has 1 aromatic heterocycles. The van der Waals surface area contributed by atoms with Crippen molar-refractivity contribution >= 4 is 0 Å². The molecule has 0 aromatic carbocycles. The summed E-state index contributed by atoms with van der Waals surface area (Å²) in [5.41, 5.74) is 6.95. The first-order valence-corrected chi connectivity index (χ1v) is 5.21. The fourth-order valence-electron chi connectivity index (χ4n) is 1.93. The van der Waals surface area contributed by atoms with E-state index in [2.05, 4.69) is 16.2 Å². The summed E-state index contributed by atoms with van der Waals surface area (Å²) in [6.07, 6.45) is 6.38. The van der Waals surface area contributed by atoms with Crippen molar-refractivity contribution in [1.82, 2.24) is 14.7 Å². The number of likely N-dealkylation sites (tertiary alicyclic amines) is 1. The van der Waals surface area contributed by atoms with Gasteiger partial charge in [-0.1, -0.05) is 0 Å². The first-order valence-electron chi connectivity index (χ1n) is 5.21. The van der Waals surface area contributed by atoms with Gasteiger partial charge in [-0.2, -0.15) is 5.10 Å². The summed E-state index contributed by atoms with van der Waals surface area (Å²) in [7, 11) is 1.95. The van der Waals surface area contributed by atoms with Gasteiger partial charge in [0.25, 0.3) is 0 Å². The van der Waals surface area contributed by atoms with Gasteiger partial charge in [-0.15, -0.1) is 0 Å². The van der Waals surface area contributed by atoms with Crippen LogP contribution in [0.3, 0.4) is 0 Å². The van der Waals surface area contributed by atoms with E-state index in [-0.39, 0.29) is 0 Å². The number of rotatable bonds is 4. The number of aryl methyl sites for hydroxylation is 1. The van der Waals surface area contributed by atoms with Crippen molar-refractivity contribution < 1.29 is 0 Å². The molecule has 1 aliphatic heterocycles. The Hall–Kier alpha value is -0.870. The molecule has 2 heterocycles. The van der Waals surface area contributed by atoms with Crippen molar-refractivity contribution in [3.05, 3.63) is 18.0 Å². The summed E-state index contributed by atoms with van der Waals surface area (Å²) in [5, 5.41) is 4.15. The van der Waals surface area contributed by atoms with E-state index in [9.17, 15) is 0 Å². The zero-order chi connectivity index (χ0) is 9.97. The zero-order valence-corrected chi connectivity index (χ0v) is 8.69. The SMILES string of the molecule is Cn1cc(CCN2CCC2CN)cn1. The van der Waals surface area contributed by atoms with Gasteiger partial charge >= 0.3 is 0 Å². The van der Waals surface area contributed by atoms with E-state index in [4.69, 9.17) is 5.73 Å². The number of aromatic nitrogens is 2. The summed E-state index contributed by atoms with van der Waals surface area (Å²) in [6, 6.07) is 0.631. The van der Waals surface area contributed by atoms with Crippen molar-refractivity contribution in [2.24, 2.45) is 12.8 Å². The molecule has 0 aliphatic carbocycles. The number of hydrogen-bond donors (Lipinski definition) is 1. The monoisotopic (exact) mass is 194 g/mol. The van der Waals surface area contributed by atoms with E-state index in [1.165, 1.54) is 18.5 Å². The molecule has 1 atom stereocenters. The Morgan fingerprint density at radius 3 is 3.00 bits per heavy atom. The van der Waals surface area contributed by atoms with Crippen LogP contribution in [0.4, 0.5) is 0 Å². The van der Waals surface area contributed by atoms with Crippen LogP contribution in [0.15, 0.2) is 12.4 Å². The van der Waals surface area contributed by atoms with E-state index in [1.807, 2.05) is 17.9 Å². The molecule has 78 valence electrons. The van der Waals surface area contributed by atoms with Crippen molar-refractivity contribution in [3.8, 4) is 0 Å². The third-order valence-corrected chi connectivity index (χ3v) is 2.98. The lowest BCUT2D eigenvalue weighted by molar-refractivity contribution is 0.0986. The lowest BCUT2D eigenvalue weighted by atomic mass is 10.0. The molecule has 14 heavy (non-hydrogen) atoms. The summed E-state index contributed by atoms with van der Waals surface area (Å²) >= 11 is 0. The maximum Gasteiger partial charge on any atom is 0.0522 e. The minimum Gasteiger partial charge on any atom is -0.329 e. The molecule has 0 spiro atoms. The van der Waals surface area contributed by atoms with Crippen LogP contribution in [0.5, 0.6) is 0 Å². The van der Waals surface area contributed by atoms with E-state index in [0.29, 0.717) is 6.04 Å². The number of nitrogens with zero attached hydrogens (tertiary/aromatic N) is 3. The van der Waals surface area contributed by atoms with E-state index < -0.39 is 0 Å². The van der Waals surface area contributed by atoms with Gasteiger partial charge in [-0.3, -0.25) is 9.58 Å². The van der Waals surface area contributed by atoms with Crippen molar-refractivity contribution in [2.45, 2.75) is 18.9 Å². The predicted octanol–water partition coefficient (Wildman–Crippen LogP) is -0.00440. The lowest BCUT2D eigenvalue weighted by Gasteiger charge is -2.40.